The molecule has 21 heavy (non-hydrogen) atoms. The molecule has 112 valence electrons. The number of rotatable bonds is 6. The van der Waals surface area contributed by atoms with E-state index in [1.807, 2.05) is 0 Å². The van der Waals surface area contributed by atoms with E-state index in [1.54, 1.807) is 0 Å². The van der Waals surface area contributed by atoms with Gasteiger partial charge in [0.05, 0.1) is 0 Å². The summed E-state index contributed by atoms with van der Waals surface area (Å²) < 4.78 is 0. The first-order valence-electron chi connectivity index (χ1n) is 7.97. The third-order valence-electron chi connectivity index (χ3n) is 4.32. The Kier molecular flexibility index (Phi) is 5.58. The topological polar surface area (TPSA) is 12.0 Å². The Morgan fingerprint density at radius 3 is 2.10 bits per heavy atom. The molecule has 0 aliphatic rings. The van der Waals surface area contributed by atoms with Gasteiger partial charge < -0.3 is 5.32 Å². The Balaban J connectivity index is 2.21. The molecule has 0 amide bonds. The monoisotopic (exact) mass is 281 g/mol. The minimum atomic E-state index is 0.412. The summed E-state index contributed by atoms with van der Waals surface area (Å²) in [6.45, 7) is 9.98. The second-order valence-electron chi connectivity index (χ2n) is 6.00. The van der Waals surface area contributed by atoms with E-state index in [1.165, 1.54) is 22.3 Å². The van der Waals surface area contributed by atoms with E-state index < -0.39 is 0 Å². The van der Waals surface area contributed by atoms with Crippen molar-refractivity contribution in [2.24, 2.45) is 5.92 Å². The Labute approximate surface area is 129 Å². The van der Waals surface area contributed by atoms with Crippen LogP contribution in [0.3, 0.4) is 0 Å². The van der Waals surface area contributed by atoms with Crippen LogP contribution in [0.2, 0.25) is 0 Å². The second-order valence-corrected chi connectivity index (χ2v) is 6.00. The molecule has 0 saturated carbocycles. The van der Waals surface area contributed by atoms with Gasteiger partial charge in [-0.3, -0.25) is 0 Å². The van der Waals surface area contributed by atoms with Crippen molar-refractivity contribution >= 4 is 0 Å². The Hall–Kier alpha value is -1.60. The van der Waals surface area contributed by atoms with Gasteiger partial charge in [-0.2, -0.15) is 0 Å². The molecule has 0 aromatic heterocycles. The lowest BCUT2D eigenvalue weighted by Gasteiger charge is -2.26. The molecule has 0 bridgehead atoms. The summed E-state index contributed by atoms with van der Waals surface area (Å²) in [4.78, 5) is 0. The summed E-state index contributed by atoms with van der Waals surface area (Å²) in [5.74, 6) is 0.562. The van der Waals surface area contributed by atoms with E-state index >= 15 is 0 Å². The van der Waals surface area contributed by atoms with E-state index in [4.69, 9.17) is 0 Å². The zero-order chi connectivity index (χ0) is 15.2. The highest BCUT2D eigenvalue weighted by Gasteiger charge is 2.19. The molecule has 2 atom stereocenters. The van der Waals surface area contributed by atoms with Gasteiger partial charge in [0.2, 0.25) is 0 Å². The summed E-state index contributed by atoms with van der Waals surface area (Å²) in [6, 6.07) is 17.8. The molecule has 0 heterocycles. The minimum absolute atomic E-state index is 0.412. The van der Waals surface area contributed by atoms with Gasteiger partial charge in [0.25, 0.3) is 0 Å². The Morgan fingerprint density at radius 2 is 1.52 bits per heavy atom. The minimum Gasteiger partial charge on any atom is -0.310 e. The number of hydrogen-bond acceptors (Lipinski definition) is 1. The highest BCUT2D eigenvalue weighted by atomic mass is 14.9. The Bertz CT molecular complexity index is 539. The first-order valence-corrected chi connectivity index (χ1v) is 7.97. The van der Waals surface area contributed by atoms with Crippen molar-refractivity contribution < 1.29 is 0 Å². The largest absolute Gasteiger partial charge is 0.310 e. The van der Waals surface area contributed by atoms with Crippen LogP contribution in [0.15, 0.2) is 48.5 Å². The summed E-state index contributed by atoms with van der Waals surface area (Å²) in [5.41, 5.74) is 5.71. The molecular formula is C20H27N. The van der Waals surface area contributed by atoms with Crippen LogP contribution in [0.1, 0.15) is 42.1 Å². The van der Waals surface area contributed by atoms with Crippen LogP contribution >= 0.6 is 0 Å². The maximum absolute atomic E-state index is 3.66. The van der Waals surface area contributed by atoms with Crippen molar-refractivity contribution in [3.8, 4) is 0 Å². The highest BCUT2D eigenvalue weighted by Crippen LogP contribution is 2.27. The van der Waals surface area contributed by atoms with E-state index in [-0.39, 0.29) is 0 Å². The molecule has 2 aromatic carbocycles. The van der Waals surface area contributed by atoms with Gasteiger partial charge in [0.15, 0.2) is 0 Å². The quantitative estimate of drug-likeness (QED) is 0.799. The Morgan fingerprint density at radius 1 is 0.905 bits per heavy atom. The number of aryl methyl sites for hydroxylation is 2. The predicted molar refractivity (Wildman–Crippen MR) is 91.6 cm³/mol. The SMILES string of the molecule is CCNC(c1ccccc1)C(C)Cc1c(C)cccc1C. The average Bonchev–Trinajstić information content (AvgIpc) is 2.49. The fourth-order valence-corrected chi connectivity index (χ4v) is 3.14. The molecule has 0 fully saturated rings. The summed E-state index contributed by atoms with van der Waals surface area (Å²) >= 11 is 0. The van der Waals surface area contributed by atoms with Crippen LogP contribution in [0.25, 0.3) is 0 Å². The molecule has 0 aliphatic carbocycles. The van der Waals surface area contributed by atoms with Crippen LogP contribution in [0.5, 0.6) is 0 Å². The van der Waals surface area contributed by atoms with Gasteiger partial charge in [-0.25, -0.2) is 0 Å². The maximum Gasteiger partial charge on any atom is 0.0349 e. The molecule has 0 aliphatic heterocycles. The zero-order valence-electron chi connectivity index (χ0n) is 13.7. The smallest absolute Gasteiger partial charge is 0.0349 e. The lowest BCUT2D eigenvalue weighted by Crippen LogP contribution is -2.28. The molecule has 2 unspecified atom stereocenters. The molecule has 1 N–H and O–H groups in total. The van der Waals surface area contributed by atoms with Crippen molar-refractivity contribution in [3.63, 3.8) is 0 Å². The molecule has 2 rings (SSSR count). The van der Waals surface area contributed by atoms with Crippen molar-refractivity contribution in [1.82, 2.24) is 5.32 Å². The fourth-order valence-electron chi connectivity index (χ4n) is 3.14. The standard InChI is InChI=1S/C20H27N/c1-5-21-20(18-12-7-6-8-13-18)17(4)14-19-15(2)10-9-11-16(19)3/h6-13,17,20-21H,5,14H2,1-4H3. The molecule has 0 radical (unpaired) electrons. The van der Waals surface area contributed by atoms with Gasteiger partial charge in [-0.1, -0.05) is 62.4 Å². The van der Waals surface area contributed by atoms with Crippen LogP contribution in [0.4, 0.5) is 0 Å². The highest BCUT2D eigenvalue weighted by molar-refractivity contribution is 5.34. The summed E-state index contributed by atoms with van der Waals surface area (Å²) in [5, 5.41) is 3.66. The first kappa shape index (κ1) is 15.8. The van der Waals surface area contributed by atoms with Gasteiger partial charge in [-0.05, 0) is 55.0 Å². The third kappa shape index (κ3) is 3.95. The fraction of sp³-hybridized carbons (Fsp3) is 0.400. The summed E-state index contributed by atoms with van der Waals surface area (Å²) in [7, 11) is 0. The van der Waals surface area contributed by atoms with Crippen LogP contribution in [0, 0.1) is 19.8 Å². The number of hydrogen-bond donors (Lipinski definition) is 1. The normalized spacial score (nSPS) is 13.9. The second kappa shape index (κ2) is 7.42. The lowest BCUT2D eigenvalue weighted by atomic mass is 9.86. The number of nitrogens with one attached hydrogen (secondary N) is 1. The van der Waals surface area contributed by atoms with Crippen LogP contribution < -0.4 is 5.32 Å². The van der Waals surface area contributed by atoms with Gasteiger partial charge >= 0.3 is 0 Å². The van der Waals surface area contributed by atoms with E-state index in [9.17, 15) is 0 Å². The van der Waals surface area contributed by atoms with Gasteiger partial charge in [0, 0.05) is 6.04 Å². The molecule has 1 heteroatoms. The molecular weight excluding hydrogens is 254 g/mol. The van der Waals surface area contributed by atoms with Crippen molar-refractivity contribution in [2.45, 2.75) is 40.2 Å². The third-order valence-corrected chi connectivity index (χ3v) is 4.32. The lowest BCUT2D eigenvalue weighted by molar-refractivity contribution is 0.390. The first-order chi connectivity index (χ1) is 10.1. The average molecular weight is 281 g/mol. The zero-order valence-corrected chi connectivity index (χ0v) is 13.7. The van der Waals surface area contributed by atoms with Gasteiger partial charge in [-0.15, -0.1) is 0 Å². The van der Waals surface area contributed by atoms with Gasteiger partial charge in [0.1, 0.15) is 0 Å². The van der Waals surface area contributed by atoms with E-state index in [2.05, 4.69) is 81.5 Å². The van der Waals surface area contributed by atoms with Crippen LogP contribution in [-0.2, 0) is 6.42 Å². The molecule has 0 spiro atoms. The maximum atomic E-state index is 3.66. The van der Waals surface area contributed by atoms with Crippen molar-refractivity contribution in [2.75, 3.05) is 6.54 Å². The van der Waals surface area contributed by atoms with E-state index in [0.29, 0.717) is 12.0 Å². The molecule has 2 aromatic rings. The van der Waals surface area contributed by atoms with Crippen molar-refractivity contribution in [3.05, 3.63) is 70.8 Å². The molecule has 0 saturated heterocycles. The van der Waals surface area contributed by atoms with Crippen LogP contribution in [-0.4, -0.2) is 6.54 Å². The summed E-state index contributed by atoms with van der Waals surface area (Å²) in [6.07, 6.45) is 1.12. The van der Waals surface area contributed by atoms with E-state index in [0.717, 1.165) is 13.0 Å². The number of benzene rings is 2. The molecule has 1 nitrogen and oxygen atoms in total. The predicted octanol–water partition coefficient (Wildman–Crippen LogP) is 4.83. The van der Waals surface area contributed by atoms with Crippen molar-refractivity contribution in [1.29, 1.82) is 0 Å².